The Morgan fingerprint density at radius 2 is 2.11 bits per heavy atom. The maximum atomic E-state index is 11.6. The minimum absolute atomic E-state index is 0.261. The third-order valence-corrected chi connectivity index (χ3v) is 4.39. The first-order chi connectivity index (χ1) is 9.16. The zero-order valence-electron chi connectivity index (χ0n) is 10.8. The molecule has 0 radical (unpaired) electrons. The topological polar surface area (TPSA) is 58.6 Å². The van der Waals surface area contributed by atoms with Crippen molar-refractivity contribution in [2.24, 2.45) is 11.8 Å². The molecule has 3 fully saturated rings. The maximum absolute atomic E-state index is 11.6. The number of hydrogen-bond acceptors (Lipinski definition) is 3. The first-order valence-electron chi connectivity index (χ1n) is 6.83. The molecule has 1 amide bonds. The molecule has 1 aromatic rings. The number of fused-ring (bicyclic) bond motifs is 1. The summed E-state index contributed by atoms with van der Waals surface area (Å²) in [5, 5.41) is 13.0. The van der Waals surface area contributed by atoms with Gasteiger partial charge in [-0.15, -0.1) is 0 Å². The average molecular weight is 261 g/mol. The van der Waals surface area contributed by atoms with Crippen LogP contribution < -0.4 is 5.32 Å². The summed E-state index contributed by atoms with van der Waals surface area (Å²) < 4.78 is 5.12. The zero-order valence-corrected chi connectivity index (χ0v) is 10.8. The van der Waals surface area contributed by atoms with Crippen LogP contribution in [0.2, 0.25) is 0 Å². The highest BCUT2D eigenvalue weighted by atomic mass is 16.5. The number of nitrogens with one attached hydrogen (secondary N) is 1. The first kappa shape index (κ1) is 12.5. The molecule has 1 atom stereocenters. The molecule has 0 spiro atoms. The van der Waals surface area contributed by atoms with Crippen molar-refractivity contribution in [1.82, 2.24) is 5.32 Å². The highest BCUT2D eigenvalue weighted by Gasteiger charge is 2.54. The van der Waals surface area contributed by atoms with Crippen LogP contribution in [0.3, 0.4) is 0 Å². The lowest BCUT2D eigenvalue weighted by Crippen LogP contribution is -2.44. The smallest absolute Gasteiger partial charge is 0.407 e. The van der Waals surface area contributed by atoms with Gasteiger partial charge in [0, 0.05) is 6.54 Å². The van der Waals surface area contributed by atoms with Crippen LogP contribution in [-0.4, -0.2) is 23.3 Å². The quantitative estimate of drug-likeness (QED) is 0.872. The van der Waals surface area contributed by atoms with Crippen LogP contribution in [0.25, 0.3) is 0 Å². The molecule has 3 saturated carbocycles. The summed E-state index contributed by atoms with van der Waals surface area (Å²) in [5.74, 6) is 1.03. The second-order valence-electron chi connectivity index (χ2n) is 5.76. The molecule has 102 valence electrons. The van der Waals surface area contributed by atoms with Gasteiger partial charge in [0.1, 0.15) is 6.61 Å². The molecule has 2 bridgehead atoms. The Morgan fingerprint density at radius 1 is 1.37 bits per heavy atom. The zero-order chi connectivity index (χ0) is 13.3. The van der Waals surface area contributed by atoms with E-state index in [-0.39, 0.29) is 6.61 Å². The number of carbonyl (C=O) groups is 1. The fourth-order valence-corrected chi connectivity index (χ4v) is 3.22. The first-order valence-corrected chi connectivity index (χ1v) is 6.83. The molecule has 4 rings (SSSR count). The minimum atomic E-state index is -0.698. The second kappa shape index (κ2) is 4.85. The summed E-state index contributed by atoms with van der Waals surface area (Å²) in [4.78, 5) is 11.6. The Morgan fingerprint density at radius 3 is 2.74 bits per heavy atom. The Balaban J connectivity index is 1.42. The fourth-order valence-electron chi connectivity index (χ4n) is 3.22. The molecule has 0 saturated heterocycles. The molecule has 19 heavy (non-hydrogen) atoms. The highest BCUT2D eigenvalue weighted by Crippen LogP contribution is 2.54. The van der Waals surface area contributed by atoms with E-state index in [1.165, 1.54) is 0 Å². The van der Waals surface area contributed by atoms with Gasteiger partial charge in [-0.1, -0.05) is 30.3 Å². The predicted molar refractivity (Wildman–Crippen MR) is 70.4 cm³/mol. The van der Waals surface area contributed by atoms with Gasteiger partial charge in [-0.25, -0.2) is 4.79 Å². The Kier molecular flexibility index (Phi) is 3.19. The van der Waals surface area contributed by atoms with E-state index in [9.17, 15) is 9.90 Å². The van der Waals surface area contributed by atoms with E-state index in [4.69, 9.17) is 4.74 Å². The SMILES string of the molecule is O=C(NCC1(O)CC2CC1C2)OCc1ccccc1. The van der Waals surface area contributed by atoms with E-state index in [0.29, 0.717) is 18.4 Å². The number of ether oxygens (including phenoxy) is 1. The lowest BCUT2D eigenvalue weighted by Gasteiger charge is -2.30. The maximum Gasteiger partial charge on any atom is 0.407 e. The van der Waals surface area contributed by atoms with Gasteiger partial charge in [0.2, 0.25) is 0 Å². The van der Waals surface area contributed by atoms with Crippen LogP contribution in [0.4, 0.5) is 4.79 Å². The van der Waals surface area contributed by atoms with Crippen molar-refractivity contribution in [3.8, 4) is 0 Å². The number of carbonyl (C=O) groups excluding carboxylic acids is 1. The third-order valence-electron chi connectivity index (χ3n) is 4.39. The summed E-state index contributed by atoms with van der Waals surface area (Å²) in [5.41, 5.74) is 0.260. The Hall–Kier alpha value is -1.55. The largest absolute Gasteiger partial charge is 0.445 e. The molecule has 0 aromatic heterocycles. The van der Waals surface area contributed by atoms with Crippen molar-refractivity contribution in [3.63, 3.8) is 0 Å². The number of hydrogen-bond donors (Lipinski definition) is 2. The molecule has 3 aliphatic carbocycles. The van der Waals surface area contributed by atoms with E-state index in [1.807, 2.05) is 30.3 Å². The molecular weight excluding hydrogens is 242 g/mol. The summed E-state index contributed by atoms with van der Waals surface area (Å²) in [6.45, 7) is 0.568. The molecule has 0 aliphatic heterocycles. The molecule has 0 heterocycles. The summed E-state index contributed by atoms with van der Waals surface area (Å²) in [6, 6.07) is 9.56. The Labute approximate surface area is 112 Å². The van der Waals surface area contributed by atoms with Gasteiger partial charge in [-0.3, -0.25) is 0 Å². The van der Waals surface area contributed by atoms with Gasteiger partial charge in [0.15, 0.2) is 0 Å². The second-order valence-corrected chi connectivity index (χ2v) is 5.76. The molecular formula is C15H19NO3. The van der Waals surface area contributed by atoms with E-state index < -0.39 is 11.7 Å². The van der Waals surface area contributed by atoms with Crippen LogP contribution in [0, 0.1) is 11.8 Å². The van der Waals surface area contributed by atoms with Crippen molar-refractivity contribution in [3.05, 3.63) is 35.9 Å². The summed E-state index contributed by atoms with van der Waals surface area (Å²) in [6.07, 6.45) is 2.58. The molecule has 3 aliphatic rings. The van der Waals surface area contributed by atoms with Gasteiger partial charge >= 0.3 is 6.09 Å². The number of alkyl carbamates (subject to hydrolysis) is 1. The molecule has 1 aromatic carbocycles. The van der Waals surface area contributed by atoms with Gasteiger partial charge in [-0.2, -0.15) is 0 Å². The van der Waals surface area contributed by atoms with E-state index in [1.54, 1.807) is 0 Å². The number of aliphatic hydroxyl groups is 1. The van der Waals surface area contributed by atoms with Gasteiger partial charge in [0.25, 0.3) is 0 Å². The fraction of sp³-hybridized carbons (Fsp3) is 0.533. The highest BCUT2D eigenvalue weighted by molar-refractivity contribution is 5.67. The molecule has 1 unspecified atom stereocenters. The summed E-state index contributed by atoms with van der Waals surface area (Å²) >= 11 is 0. The van der Waals surface area contributed by atoms with E-state index in [0.717, 1.165) is 24.8 Å². The van der Waals surface area contributed by atoms with E-state index in [2.05, 4.69) is 5.32 Å². The lowest BCUT2D eigenvalue weighted by atomic mass is 9.81. The van der Waals surface area contributed by atoms with Gasteiger partial charge in [0.05, 0.1) is 5.60 Å². The minimum Gasteiger partial charge on any atom is -0.445 e. The van der Waals surface area contributed by atoms with Gasteiger partial charge in [-0.05, 0) is 36.7 Å². The van der Waals surface area contributed by atoms with Crippen LogP contribution in [0.15, 0.2) is 30.3 Å². The third kappa shape index (κ3) is 2.59. The van der Waals surface area contributed by atoms with Crippen LogP contribution >= 0.6 is 0 Å². The van der Waals surface area contributed by atoms with Gasteiger partial charge < -0.3 is 15.2 Å². The van der Waals surface area contributed by atoms with Crippen molar-refractivity contribution in [1.29, 1.82) is 0 Å². The van der Waals surface area contributed by atoms with Crippen molar-refractivity contribution >= 4 is 6.09 Å². The lowest BCUT2D eigenvalue weighted by molar-refractivity contribution is 0.0102. The predicted octanol–water partition coefficient (Wildman–Crippen LogP) is 2.07. The van der Waals surface area contributed by atoms with Crippen molar-refractivity contribution in [2.75, 3.05) is 6.54 Å². The number of benzene rings is 1. The molecule has 2 N–H and O–H groups in total. The normalized spacial score (nSPS) is 31.6. The number of amides is 1. The Bertz CT molecular complexity index is 456. The molecule has 4 nitrogen and oxygen atoms in total. The monoisotopic (exact) mass is 261 g/mol. The van der Waals surface area contributed by atoms with Crippen molar-refractivity contribution in [2.45, 2.75) is 31.5 Å². The number of rotatable bonds is 4. The van der Waals surface area contributed by atoms with Crippen LogP contribution in [0.1, 0.15) is 24.8 Å². The summed E-state index contributed by atoms with van der Waals surface area (Å²) in [7, 11) is 0. The average Bonchev–Trinajstić information content (AvgIpc) is 2.88. The van der Waals surface area contributed by atoms with E-state index >= 15 is 0 Å². The standard InChI is InChI=1S/C15H19NO3/c17-14(19-9-11-4-2-1-3-5-11)16-10-15(18)8-12-6-13(15)7-12/h1-5,12-13,18H,6-10H2,(H,16,17). The van der Waals surface area contributed by atoms with Crippen molar-refractivity contribution < 1.29 is 14.6 Å². The molecule has 4 heteroatoms. The van der Waals surface area contributed by atoms with Crippen LogP contribution in [-0.2, 0) is 11.3 Å². The van der Waals surface area contributed by atoms with Crippen LogP contribution in [0.5, 0.6) is 0 Å².